The summed E-state index contributed by atoms with van der Waals surface area (Å²) in [4.78, 5) is 32.5. The lowest BCUT2D eigenvalue weighted by Crippen LogP contribution is -2.38. The van der Waals surface area contributed by atoms with Crippen LogP contribution in [0.15, 0.2) is 88.6 Å². The molecular weight excluding hydrogens is 481 g/mol. The number of hydrogen-bond acceptors (Lipinski definition) is 7. The zero-order valence-corrected chi connectivity index (χ0v) is 20.8. The van der Waals surface area contributed by atoms with Gasteiger partial charge in [0.2, 0.25) is 5.91 Å². The lowest BCUT2D eigenvalue weighted by Gasteiger charge is -2.36. The van der Waals surface area contributed by atoms with Gasteiger partial charge in [0.15, 0.2) is 5.17 Å². The number of hydrogen-bond donors (Lipinski definition) is 1. The maximum Gasteiger partial charge on any atom is 0.338 e. The first kappa shape index (κ1) is 25.2. The number of benzene rings is 2. The molecule has 1 N–H and O–H groups in total. The number of thioether (sulfide) groups is 1. The zero-order valence-electron chi connectivity index (χ0n) is 20.0. The van der Waals surface area contributed by atoms with E-state index in [9.17, 15) is 14.0 Å². The van der Waals surface area contributed by atoms with Crippen LogP contribution < -0.4 is 10.1 Å². The number of amides is 1. The number of aliphatic imine (C=N–C) groups is 1. The number of rotatable bonds is 9. The molecule has 2 heterocycles. The number of carbonyl (C=O) groups is 2. The molecule has 36 heavy (non-hydrogen) atoms. The molecule has 0 aromatic heterocycles. The van der Waals surface area contributed by atoms with Gasteiger partial charge in [-0.1, -0.05) is 48.7 Å². The van der Waals surface area contributed by atoms with Gasteiger partial charge in [-0.05, 0) is 47.7 Å². The van der Waals surface area contributed by atoms with Gasteiger partial charge in [0.05, 0.1) is 30.8 Å². The van der Waals surface area contributed by atoms with Gasteiger partial charge in [0.1, 0.15) is 18.2 Å². The van der Waals surface area contributed by atoms with Crippen LogP contribution in [0.3, 0.4) is 0 Å². The number of methoxy groups -OCH3 is 1. The Morgan fingerprint density at radius 1 is 1.25 bits per heavy atom. The average molecular weight is 508 g/mol. The molecule has 9 heteroatoms. The minimum absolute atomic E-state index is 0.0697. The Morgan fingerprint density at radius 2 is 2.03 bits per heavy atom. The number of nitrogens with zero attached hydrogens (tertiary/aromatic N) is 2. The smallest absolute Gasteiger partial charge is 0.338 e. The van der Waals surface area contributed by atoms with Crippen LogP contribution in [0.4, 0.5) is 4.39 Å². The molecule has 0 fully saturated rings. The Balaban J connectivity index is 1.61. The first-order valence-corrected chi connectivity index (χ1v) is 12.2. The lowest BCUT2D eigenvalue weighted by molar-refractivity contribution is -0.138. The molecule has 0 saturated heterocycles. The van der Waals surface area contributed by atoms with Crippen LogP contribution in [0.5, 0.6) is 5.75 Å². The van der Waals surface area contributed by atoms with Crippen LogP contribution in [-0.2, 0) is 20.9 Å². The number of nitrogens with one attached hydrogen (secondary N) is 1. The minimum Gasteiger partial charge on any atom is -0.497 e. The van der Waals surface area contributed by atoms with E-state index in [1.165, 1.54) is 30.0 Å². The summed E-state index contributed by atoms with van der Waals surface area (Å²) >= 11 is 1.39. The van der Waals surface area contributed by atoms with Crippen molar-refractivity contribution in [3.63, 3.8) is 0 Å². The average Bonchev–Trinajstić information content (AvgIpc) is 3.27. The molecule has 0 aliphatic carbocycles. The van der Waals surface area contributed by atoms with Gasteiger partial charge < -0.3 is 19.7 Å². The van der Waals surface area contributed by atoms with Crippen molar-refractivity contribution in [2.24, 2.45) is 4.99 Å². The normalized spacial score (nSPS) is 16.6. The van der Waals surface area contributed by atoms with Crippen molar-refractivity contribution >= 4 is 28.8 Å². The standard InChI is InChI=1S/C27H26FN3O4S/c1-4-12-35-26(33)24-17(2)30-27-31(25(24)19-6-5-7-22(13-19)34-3)21(16-36-27)14-23(32)29-15-18-8-10-20(28)11-9-18/h4-11,13,16,25H,1,12,14-15H2,2-3H3,(H,29,32). The number of ether oxygens (including phenoxy) is 2. The highest BCUT2D eigenvalue weighted by Gasteiger charge is 2.41. The molecule has 0 spiro atoms. The van der Waals surface area contributed by atoms with Crippen LogP contribution in [0.2, 0.25) is 0 Å². The number of esters is 1. The van der Waals surface area contributed by atoms with Gasteiger partial charge in [0, 0.05) is 12.2 Å². The summed E-state index contributed by atoms with van der Waals surface area (Å²) in [6, 6.07) is 12.8. The van der Waals surface area contributed by atoms with Gasteiger partial charge in [-0.2, -0.15) is 0 Å². The number of allylic oxidation sites excluding steroid dienone is 1. The molecule has 2 aliphatic heterocycles. The van der Waals surface area contributed by atoms with Crippen molar-refractivity contribution in [3.05, 3.63) is 101 Å². The van der Waals surface area contributed by atoms with Crippen molar-refractivity contribution in [3.8, 4) is 5.75 Å². The molecule has 0 bridgehead atoms. The predicted molar refractivity (Wildman–Crippen MR) is 137 cm³/mol. The third-order valence-corrected chi connectivity index (χ3v) is 6.60. The van der Waals surface area contributed by atoms with Crippen LogP contribution in [-0.4, -0.2) is 35.7 Å². The van der Waals surface area contributed by atoms with E-state index in [1.54, 1.807) is 26.2 Å². The first-order valence-electron chi connectivity index (χ1n) is 11.3. The molecule has 2 aromatic carbocycles. The maximum absolute atomic E-state index is 13.2. The van der Waals surface area contributed by atoms with E-state index in [2.05, 4.69) is 16.9 Å². The van der Waals surface area contributed by atoms with Crippen molar-refractivity contribution in [2.45, 2.75) is 25.9 Å². The first-order chi connectivity index (χ1) is 17.4. The fourth-order valence-corrected chi connectivity index (χ4v) is 4.96. The van der Waals surface area contributed by atoms with Gasteiger partial charge in [-0.25, -0.2) is 14.2 Å². The third-order valence-electron chi connectivity index (χ3n) is 5.71. The highest BCUT2D eigenvalue weighted by atomic mass is 32.2. The van der Waals surface area contributed by atoms with E-state index in [0.29, 0.717) is 27.9 Å². The Bertz CT molecular complexity index is 1270. The number of halogens is 1. The van der Waals surface area contributed by atoms with E-state index < -0.39 is 12.0 Å². The monoisotopic (exact) mass is 507 g/mol. The molecule has 1 amide bonds. The van der Waals surface area contributed by atoms with E-state index >= 15 is 0 Å². The Kier molecular flexibility index (Phi) is 7.90. The van der Waals surface area contributed by atoms with Crippen molar-refractivity contribution < 1.29 is 23.5 Å². The molecule has 2 aliphatic rings. The van der Waals surface area contributed by atoms with Crippen LogP contribution in [0.25, 0.3) is 0 Å². The fourth-order valence-electron chi connectivity index (χ4n) is 4.00. The van der Waals surface area contributed by atoms with Crippen LogP contribution >= 0.6 is 11.8 Å². The highest BCUT2D eigenvalue weighted by molar-refractivity contribution is 8.16. The second-order valence-electron chi connectivity index (χ2n) is 8.14. The Morgan fingerprint density at radius 3 is 2.75 bits per heavy atom. The second kappa shape index (κ2) is 11.3. The molecule has 7 nitrogen and oxygen atoms in total. The molecule has 4 rings (SSSR count). The lowest BCUT2D eigenvalue weighted by atomic mass is 9.93. The van der Waals surface area contributed by atoms with Crippen LogP contribution in [0.1, 0.15) is 30.5 Å². The summed E-state index contributed by atoms with van der Waals surface area (Å²) in [5.74, 6) is -0.397. The van der Waals surface area contributed by atoms with Crippen molar-refractivity contribution in [2.75, 3.05) is 13.7 Å². The van der Waals surface area contributed by atoms with Crippen molar-refractivity contribution in [1.29, 1.82) is 0 Å². The largest absolute Gasteiger partial charge is 0.497 e. The van der Waals surface area contributed by atoms with Gasteiger partial charge in [-0.15, -0.1) is 0 Å². The molecule has 1 atom stereocenters. The molecule has 0 radical (unpaired) electrons. The summed E-state index contributed by atoms with van der Waals surface area (Å²) in [5, 5.41) is 5.41. The molecule has 0 saturated carbocycles. The van der Waals surface area contributed by atoms with E-state index in [0.717, 1.165) is 11.1 Å². The van der Waals surface area contributed by atoms with Gasteiger partial charge in [0.25, 0.3) is 0 Å². The van der Waals surface area contributed by atoms with Crippen molar-refractivity contribution in [1.82, 2.24) is 10.2 Å². The minimum atomic E-state index is -0.559. The van der Waals surface area contributed by atoms with Gasteiger partial charge in [-0.3, -0.25) is 4.79 Å². The quantitative estimate of drug-likeness (QED) is 0.386. The molecule has 2 aromatic rings. The van der Waals surface area contributed by atoms with Gasteiger partial charge >= 0.3 is 5.97 Å². The Labute approximate surface area is 213 Å². The molecule has 1 unspecified atom stereocenters. The van der Waals surface area contributed by atoms with E-state index in [-0.39, 0.29) is 31.3 Å². The highest BCUT2D eigenvalue weighted by Crippen LogP contribution is 2.45. The predicted octanol–water partition coefficient (Wildman–Crippen LogP) is 4.84. The number of fused-ring (bicyclic) bond motifs is 1. The third kappa shape index (κ3) is 5.52. The van der Waals surface area contributed by atoms with E-state index in [1.807, 2.05) is 34.6 Å². The Hall–Kier alpha value is -3.85. The maximum atomic E-state index is 13.2. The summed E-state index contributed by atoms with van der Waals surface area (Å²) in [6.07, 6.45) is 1.58. The molecule has 186 valence electrons. The summed E-state index contributed by atoms with van der Waals surface area (Å²) < 4.78 is 24.0. The SMILES string of the molecule is C=CCOC(=O)C1=C(C)N=C2SC=C(CC(=O)NCc3ccc(F)cc3)N2C1c1cccc(OC)c1. The van der Waals surface area contributed by atoms with E-state index in [4.69, 9.17) is 9.47 Å². The summed E-state index contributed by atoms with van der Waals surface area (Å²) in [5.41, 5.74) is 3.22. The number of carbonyl (C=O) groups excluding carboxylic acids is 2. The summed E-state index contributed by atoms with van der Waals surface area (Å²) in [7, 11) is 1.58. The fraction of sp³-hybridized carbons (Fsp3) is 0.222. The zero-order chi connectivity index (χ0) is 25.7. The topological polar surface area (TPSA) is 80.2 Å². The summed E-state index contributed by atoms with van der Waals surface area (Å²) in [6.45, 7) is 5.73. The second-order valence-corrected chi connectivity index (χ2v) is 8.97. The van der Waals surface area contributed by atoms with Crippen LogP contribution in [0, 0.1) is 5.82 Å². The molecular formula is C27H26FN3O4S. The number of amidine groups is 1.